The van der Waals surface area contributed by atoms with Crippen molar-refractivity contribution in [3.8, 4) is 5.75 Å². The Morgan fingerprint density at radius 1 is 1.03 bits per heavy atom. The van der Waals surface area contributed by atoms with Gasteiger partial charge < -0.3 is 9.84 Å². The zero-order chi connectivity index (χ0) is 23.4. The third-order valence-electron chi connectivity index (χ3n) is 5.20. The molecular weight excluding hydrogens is 458 g/mol. The first-order valence-electron chi connectivity index (χ1n) is 10.4. The van der Waals surface area contributed by atoms with Gasteiger partial charge in [-0.1, -0.05) is 23.7 Å². The Balaban J connectivity index is 1.43. The lowest BCUT2D eigenvalue weighted by atomic mass is 10.1. The summed E-state index contributed by atoms with van der Waals surface area (Å²) in [5, 5.41) is 10.7. The smallest absolute Gasteiger partial charge is 0.307 e. The van der Waals surface area contributed by atoms with Crippen molar-refractivity contribution < 1.29 is 19.4 Å². The summed E-state index contributed by atoms with van der Waals surface area (Å²) in [7, 11) is 0. The van der Waals surface area contributed by atoms with E-state index >= 15 is 0 Å². The second kappa shape index (κ2) is 10.1. The largest absolute Gasteiger partial charge is 0.493 e. The topological polar surface area (TPSA) is 68.5 Å². The summed E-state index contributed by atoms with van der Waals surface area (Å²) in [4.78, 5) is 25.5. The molecule has 0 spiro atoms. The third kappa shape index (κ3) is 5.41. The number of aliphatic carboxylic acids is 1. The molecule has 1 heterocycles. The number of carbonyl (C=O) groups excluding carboxylic acids is 1. The number of hydrogen-bond donors (Lipinski definition) is 1. The minimum absolute atomic E-state index is 0.0860. The van der Waals surface area contributed by atoms with Gasteiger partial charge in [0.1, 0.15) is 5.75 Å². The van der Waals surface area contributed by atoms with Crippen LogP contribution in [0.3, 0.4) is 0 Å². The van der Waals surface area contributed by atoms with E-state index in [1.54, 1.807) is 52.7 Å². The fraction of sp³-hybridized carbons (Fsp3) is 0.154. The van der Waals surface area contributed by atoms with E-state index in [0.29, 0.717) is 34.0 Å². The molecular formula is C26H22ClNO4S. The Morgan fingerprint density at radius 3 is 2.45 bits per heavy atom. The lowest BCUT2D eigenvalue weighted by Gasteiger charge is -2.10. The summed E-state index contributed by atoms with van der Waals surface area (Å²) < 4.78 is 7.43. The maximum Gasteiger partial charge on any atom is 0.307 e. The van der Waals surface area contributed by atoms with Crippen LogP contribution in [0.25, 0.3) is 10.9 Å². The van der Waals surface area contributed by atoms with Crippen LogP contribution in [0.2, 0.25) is 5.02 Å². The van der Waals surface area contributed by atoms with Crippen molar-refractivity contribution in [2.45, 2.75) is 18.2 Å². The highest BCUT2D eigenvalue weighted by atomic mass is 35.5. The number of ether oxygens (including phenoxy) is 1. The van der Waals surface area contributed by atoms with Crippen molar-refractivity contribution in [1.82, 2.24) is 4.57 Å². The average molecular weight is 480 g/mol. The molecule has 5 nitrogen and oxygen atoms in total. The summed E-state index contributed by atoms with van der Waals surface area (Å²) in [5.74, 6) is 0.414. The van der Waals surface area contributed by atoms with Gasteiger partial charge in [-0.3, -0.25) is 14.2 Å². The Hall–Kier alpha value is -3.22. The molecule has 0 saturated carbocycles. The van der Waals surface area contributed by atoms with Crippen LogP contribution >= 0.6 is 23.4 Å². The molecule has 7 heteroatoms. The molecule has 0 aliphatic carbocycles. The zero-order valence-corrected chi connectivity index (χ0v) is 19.5. The quantitative estimate of drug-likeness (QED) is 0.244. The van der Waals surface area contributed by atoms with Crippen molar-refractivity contribution in [1.29, 1.82) is 0 Å². The van der Waals surface area contributed by atoms with Gasteiger partial charge in [-0.05, 0) is 73.2 Å². The second-order valence-corrected chi connectivity index (χ2v) is 9.13. The van der Waals surface area contributed by atoms with Crippen LogP contribution < -0.4 is 4.74 Å². The van der Waals surface area contributed by atoms with Crippen LogP contribution in [0.5, 0.6) is 5.75 Å². The van der Waals surface area contributed by atoms with Gasteiger partial charge in [-0.15, -0.1) is 11.8 Å². The van der Waals surface area contributed by atoms with E-state index in [4.69, 9.17) is 21.4 Å². The van der Waals surface area contributed by atoms with Gasteiger partial charge in [0, 0.05) is 32.3 Å². The van der Waals surface area contributed by atoms with Crippen LogP contribution in [-0.2, 0) is 11.2 Å². The van der Waals surface area contributed by atoms with Crippen LogP contribution in [0.4, 0.5) is 0 Å². The summed E-state index contributed by atoms with van der Waals surface area (Å²) in [5.41, 5.74) is 2.68. The van der Waals surface area contributed by atoms with Crippen LogP contribution in [0.15, 0.2) is 77.7 Å². The van der Waals surface area contributed by atoms with Crippen molar-refractivity contribution in [3.05, 3.63) is 94.6 Å². The van der Waals surface area contributed by atoms with Gasteiger partial charge in [-0.2, -0.15) is 0 Å². The third-order valence-corrected chi connectivity index (χ3v) is 6.43. The fourth-order valence-corrected chi connectivity index (χ4v) is 4.54. The summed E-state index contributed by atoms with van der Waals surface area (Å²) in [6, 6.07) is 22.0. The standard InChI is InChI=1S/C26H22ClNO4S/c1-17-15-23-19(16-25(29)30)3-2-4-24(23)28(17)26(31)18-5-9-21(10-6-18)32-13-14-33-22-11-7-20(27)8-12-22/h2-12,15H,13-14,16H2,1H3,(H,29,30). The molecule has 0 unspecified atom stereocenters. The number of aromatic nitrogens is 1. The minimum atomic E-state index is -0.901. The highest BCUT2D eigenvalue weighted by molar-refractivity contribution is 7.99. The number of hydrogen-bond acceptors (Lipinski definition) is 4. The monoisotopic (exact) mass is 479 g/mol. The second-order valence-electron chi connectivity index (χ2n) is 7.52. The highest BCUT2D eigenvalue weighted by Gasteiger charge is 2.17. The molecule has 0 fully saturated rings. The lowest BCUT2D eigenvalue weighted by molar-refractivity contribution is -0.136. The van der Waals surface area contributed by atoms with E-state index in [0.717, 1.165) is 21.7 Å². The summed E-state index contributed by atoms with van der Waals surface area (Å²) in [6.45, 7) is 2.38. The molecule has 0 amide bonds. The molecule has 0 radical (unpaired) electrons. The number of rotatable bonds is 8. The molecule has 0 bridgehead atoms. The molecule has 0 aliphatic rings. The number of fused-ring (bicyclic) bond motifs is 1. The van der Waals surface area contributed by atoms with Crippen molar-refractivity contribution in [2.75, 3.05) is 12.4 Å². The number of carboxylic acids is 1. The molecule has 1 N–H and O–H groups in total. The number of carboxylic acid groups (broad SMARTS) is 1. The molecule has 4 aromatic rings. The SMILES string of the molecule is Cc1cc2c(CC(=O)O)cccc2n1C(=O)c1ccc(OCCSc2ccc(Cl)cc2)cc1. The van der Waals surface area contributed by atoms with Crippen LogP contribution in [0, 0.1) is 6.92 Å². The fourth-order valence-electron chi connectivity index (χ4n) is 3.68. The Labute approximate surface area is 200 Å². The number of nitrogens with zero attached hydrogens (tertiary/aromatic N) is 1. The van der Waals surface area contributed by atoms with Gasteiger partial charge in [-0.25, -0.2) is 0 Å². The van der Waals surface area contributed by atoms with E-state index in [-0.39, 0.29) is 12.3 Å². The summed E-state index contributed by atoms with van der Waals surface area (Å²) in [6.07, 6.45) is -0.0860. The molecule has 0 saturated heterocycles. The predicted molar refractivity (Wildman–Crippen MR) is 132 cm³/mol. The average Bonchev–Trinajstić information content (AvgIpc) is 3.14. The number of aryl methyl sites for hydroxylation is 1. The molecule has 1 aromatic heterocycles. The van der Waals surface area contributed by atoms with E-state index in [1.165, 1.54) is 0 Å². The normalized spacial score (nSPS) is 11.0. The first kappa shape index (κ1) is 23.0. The van der Waals surface area contributed by atoms with E-state index < -0.39 is 5.97 Å². The highest BCUT2D eigenvalue weighted by Crippen LogP contribution is 2.26. The first-order chi connectivity index (χ1) is 15.9. The number of carbonyl (C=O) groups is 2. The van der Waals surface area contributed by atoms with Gasteiger partial charge >= 0.3 is 5.97 Å². The molecule has 0 atom stereocenters. The van der Waals surface area contributed by atoms with Gasteiger partial charge in [0.2, 0.25) is 0 Å². The number of thioether (sulfide) groups is 1. The summed E-state index contributed by atoms with van der Waals surface area (Å²) >= 11 is 7.59. The molecule has 4 rings (SSSR count). The lowest BCUT2D eigenvalue weighted by Crippen LogP contribution is -2.13. The van der Waals surface area contributed by atoms with E-state index in [9.17, 15) is 9.59 Å². The first-order valence-corrected chi connectivity index (χ1v) is 11.8. The van der Waals surface area contributed by atoms with E-state index in [2.05, 4.69) is 0 Å². The van der Waals surface area contributed by atoms with E-state index in [1.807, 2.05) is 43.3 Å². The van der Waals surface area contributed by atoms with Gasteiger partial charge in [0.15, 0.2) is 0 Å². The predicted octanol–water partition coefficient (Wildman–Crippen LogP) is 6.09. The van der Waals surface area contributed by atoms with Crippen molar-refractivity contribution >= 4 is 46.1 Å². The number of benzene rings is 3. The molecule has 0 aliphatic heterocycles. The van der Waals surface area contributed by atoms with Crippen molar-refractivity contribution in [2.24, 2.45) is 0 Å². The molecule has 168 valence electrons. The Bertz CT molecular complexity index is 1300. The van der Waals surface area contributed by atoms with Crippen molar-refractivity contribution in [3.63, 3.8) is 0 Å². The minimum Gasteiger partial charge on any atom is -0.493 e. The molecule has 33 heavy (non-hydrogen) atoms. The molecule has 3 aromatic carbocycles. The van der Waals surface area contributed by atoms with Crippen LogP contribution in [-0.4, -0.2) is 33.9 Å². The zero-order valence-electron chi connectivity index (χ0n) is 18.0. The maximum atomic E-state index is 13.2. The van der Waals surface area contributed by atoms with Gasteiger partial charge in [0.05, 0.1) is 18.5 Å². The Kier molecular flexibility index (Phi) is 7.06. The van der Waals surface area contributed by atoms with Gasteiger partial charge in [0.25, 0.3) is 5.91 Å². The number of halogens is 1. The maximum absolute atomic E-state index is 13.2. The van der Waals surface area contributed by atoms with Crippen LogP contribution in [0.1, 0.15) is 21.6 Å². The Morgan fingerprint density at radius 2 is 1.76 bits per heavy atom.